The van der Waals surface area contributed by atoms with Crippen molar-refractivity contribution in [1.29, 1.82) is 10.5 Å². The van der Waals surface area contributed by atoms with E-state index in [1.165, 1.54) is 98.8 Å². The third-order valence-electron chi connectivity index (χ3n) is 18.8. The van der Waals surface area contributed by atoms with E-state index in [0.717, 1.165) is 49.2 Å². The lowest BCUT2D eigenvalue weighted by Crippen LogP contribution is -1.89. The minimum atomic E-state index is 0.677. The van der Waals surface area contributed by atoms with E-state index < -0.39 is 0 Å². The smallest absolute Gasteiger partial charge is 0.188 e. The summed E-state index contributed by atoms with van der Waals surface area (Å²) < 4.78 is 10.8. The number of benzene rings is 13. The molecule has 98 heavy (non-hydrogen) atoms. The van der Waals surface area contributed by atoms with E-state index in [9.17, 15) is 0 Å². The van der Waals surface area contributed by atoms with Gasteiger partial charge >= 0.3 is 0 Å². The van der Waals surface area contributed by atoms with E-state index in [2.05, 4.69) is 222 Å². The predicted molar refractivity (Wildman–Crippen MR) is 407 cm³/mol. The summed E-state index contributed by atoms with van der Waals surface area (Å²) in [6.45, 7) is 21.6. The molecule has 18 rings (SSSR count). The molecular formula is C88H62N10. The molecule has 0 spiro atoms. The van der Waals surface area contributed by atoms with Crippen molar-refractivity contribution in [1.82, 2.24) is 22.8 Å². The number of rotatable bonds is 3. The SMILES string of the molecule is Cn1c2ccccc2c2ccc(C#N)cc21.Cn1c2ccccc2c2cccc(C#N)c21.[C-]#[N+]c1ccc2c(c1)c1cc(-c3cccc(-c4ccccc4)c3)ccc1n2C.[C-]#[N+]c1ccc2c(c1)c1cc(-c3ccccc3)ccc1n2C.[C-]#[N+]c1ccc2c(c1)c1ccccc1n2C. The molecule has 0 amide bonds. The molecule has 10 nitrogen and oxygen atoms in total. The quantitative estimate of drug-likeness (QED) is 0.165. The first-order valence-electron chi connectivity index (χ1n) is 32.1. The van der Waals surface area contributed by atoms with Gasteiger partial charge in [0.1, 0.15) is 6.07 Å². The van der Waals surface area contributed by atoms with E-state index in [4.69, 9.17) is 30.2 Å². The van der Waals surface area contributed by atoms with Gasteiger partial charge < -0.3 is 22.8 Å². The zero-order valence-corrected chi connectivity index (χ0v) is 54.6. The first kappa shape index (κ1) is 61.8. The minimum absolute atomic E-state index is 0.677. The lowest BCUT2D eigenvalue weighted by atomic mass is 9.98. The van der Waals surface area contributed by atoms with Gasteiger partial charge in [0.25, 0.3) is 0 Å². The molecule has 0 radical (unpaired) electrons. The fraction of sp³-hybridized carbons (Fsp3) is 0.0568. The summed E-state index contributed by atoms with van der Waals surface area (Å²) in [7, 11) is 10.3. The van der Waals surface area contributed by atoms with Crippen LogP contribution in [0, 0.1) is 42.4 Å². The van der Waals surface area contributed by atoms with Crippen molar-refractivity contribution in [3.8, 4) is 45.5 Å². The molecule has 13 aromatic carbocycles. The van der Waals surface area contributed by atoms with Gasteiger partial charge in [-0.2, -0.15) is 10.5 Å². The molecule has 18 aromatic rings. The molecule has 0 aliphatic rings. The highest BCUT2D eigenvalue weighted by molar-refractivity contribution is 6.13. The summed E-state index contributed by atoms with van der Waals surface area (Å²) in [5.41, 5.74) is 22.3. The van der Waals surface area contributed by atoms with E-state index in [0.29, 0.717) is 22.6 Å². The van der Waals surface area contributed by atoms with Crippen molar-refractivity contribution < 1.29 is 0 Å². The molecule has 0 saturated carbocycles. The van der Waals surface area contributed by atoms with Crippen LogP contribution in [0.4, 0.5) is 17.1 Å². The fourth-order valence-corrected chi connectivity index (χ4v) is 13.8. The van der Waals surface area contributed by atoms with Gasteiger partial charge in [0.15, 0.2) is 17.1 Å². The van der Waals surface area contributed by atoms with Crippen LogP contribution in [0.25, 0.3) is 157 Å². The number of nitriles is 2. The van der Waals surface area contributed by atoms with Gasteiger partial charge in [-0.1, -0.05) is 182 Å². The van der Waals surface area contributed by atoms with Crippen molar-refractivity contribution in [2.45, 2.75) is 0 Å². The molecule has 0 atom stereocenters. The number of hydrogen-bond donors (Lipinski definition) is 0. The Kier molecular flexibility index (Phi) is 16.6. The predicted octanol–water partition coefficient (Wildman–Crippen LogP) is 23.1. The van der Waals surface area contributed by atoms with Crippen LogP contribution in [-0.2, 0) is 35.2 Å². The second-order valence-electron chi connectivity index (χ2n) is 24.2. The van der Waals surface area contributed by atoms with Crippen LogP contribution in [0.2, 0.25) is 0 Å². The van der Waals surface area contributed by atoms with Crippen LogP contribution >= 0.6 is 0 Å². The molecular weight excluding hydrogens is 1200 g/mol. The van der Waals surface area contributed by atoms with E-state index in [1.807, 2.05) is 148 Å². The normalized spacial score (nSPS) is 10.9. The zero-order chi connectivity index (χ0) is 67.6. The third-order valence-corrected chi connectivity index (χ3v) is 18.8. The molecule has 0 saturated heterocycles. The second-order valence-corrected chi connectivity index (χ2v) is 24.2. The summed E-state index contributed by atoms with van der Waals surface area (Å²) >= 11 is 0. The Morgan fingerprint density at radius 1 is 0.245 bits per heavy atom. The summed E-state index contributed by atoms with van der Waals surface area (Å²) in [6, 6.07) is 101. The van der Waals surface area contributed by atoms with Crippen LogP contribution in [0.15, 0.2) is 285 Å². The number of hydrogen-bond acceptors (Lipinski definition) is 2. The van der Waals surface area contributed by atoms with E-state index in [-0.39, 0.29) is 0 Å². The molecule has 0 bridgehead atoms. The van der Waals surface area contributed by atoms with Gasteiger partial charge in [0.05, 0.1) is 47.9 Å². The topological polar surface area (TPSA) is 85.3 Å². The Morgan fingerprint density at radius 2 is 0.571 bits per heavy atom. The van der Waals surface area contributed by atoms with Crippen LogP contribution in [0.1, 0.15) is 11.1 Å². The highest BCUT2D eigenvalue weighted by Crippen LogP contribution is 2.38. The Hall–Kier alpha value is -13.7. The van der Waals surface area contributed by atoms with Gasteiger partial charge in [0, 0.05) is 117 Å². The number of nitrogens with zero attached hydrogens (tertiary/aromatic N) is 10. The van der Waals surface area contributed by atoms with Gasteiger partial charge in [-0.25, -0.2) is 14.5 Å². The summed E-state index contributed by atoms with van der Waals surface area (Å²) in [5.74, 6) is 0. The van der Waals surface area contributed by atoms with Crippen molar-refractivity contribution in [2.75, 3.05) is 0 Å². The number of aromatic nitrogens is 5. The average Bonchev–Trinajstić information content (AvgIpc) is 1.64. The summed E-state index contributed by atoms with van der Waals surface area (Å²) in [5, 5.41) is 29.9. The highest BCUT2D eigenvalue weighted by Gasteiger charge is 2.15. The largest absolute Gasteiger partial charge is 0.344 e. The average molecular weight is 1260 g/mol. The van der Waals surface area contributed by atoms with E-state index >= 15 is 0 Å². The second kappa shape index (κ2) is 26.4. The molecule has 0 fully saturated rings. The Morgan fingerprint density at radius 3 is 1.04 bits per heavy atom. The Balaban J connectivity index is 0.000000107. The Labute approximate surface area is 567 Å². The number of aryl methyl sites for hydroxylation is 5. The maximum atomic E-state index is 9.12. The molecule has 5 heterocycles. The number of fused-ring (bicyclic) bond motifs is 15. The van der Waals surface area contributed by atoms with Crippen LogP contribution < -0.4 is 0 Å². The zero-order valence-electron chi connectivity index (χ0n) is 54.6. The maximum Gasteiger partial charge on any atom is 0.188 e. The van der Waals surface area contributed by atoms with Crippen molar-refractivity contribution >= 4 is 126 Å². The molecule has 10 heteroatoms. The van der Waals surface area contributed by atoms with Crippen molar-refractivity contribution in [3.63, 3.8) is 0 Å². The molecule has 0 N–H and O–H groups in total. The first-order chi connectivity index (χ1) is 48.0. The minimum Gasteiger partial charge on any atom is -0.344 e. The molecule has 0 aliphatic heterocycles. The third kappa shape index (κ3) is 11.3. The summed E-state index contributed by atoms with van der Waals surface area (Å²) in [6.07, 6.45) is 0. The van der Waals surface area contributed by atoms with Crippen LogP contribution in [-0.4, -0.2) is 22.8 Å². The summed E-state index contributed by atoms with van der Waals surface area (Å²) in [4.78, 5) is 10.6. The molecule has 0 aliphatic carbocycles. The van der Waals surface area contributed by atoms with E-state index in [1.54, 1.807) is 0 Å². The Bertz CT molecular complexity index is 6360. The van der Waals surface area contributed by atoms with Gasteiger partial charge in [0.2, 0.25) is 0 Å². The van der Waals surface area contributed by atoms with Crippen molar-refractivity contribution in [2.24, 2.45) is 35.2 Å². The highest BCUT2D eigenvalue weighted by atomic mass is 15.0. The fourth-order valence-electron chi connectivity index (χ4n) is 13.8. The standard InChI is InChI=1S/C26H18N2.C20H14N2.3C14H10N2/c1-27-22-12-14-26-24(17-22)23-16-21(11-13-25(23)28(26)2)20-10-6-9-19(15-20)18-7-4-3-5-8-18;1-21-16-9-11-20-18(13-16)17-12-15(8-10-19(17)22(20)2)14-6-4-3-5-7-14;1-15-10-7-8-14-12(9-10)11-5-3-4-6-13(11)16(14)2;1-16-13-8-3-2-6-11(13)12-7-4-5-10(9-15)14(12)16;1-16-13-5-3-2-4-11(13)12-7-6-10(9-15)8-14(12)16/h3-17H,2H3;3-13H,2H3;3-9H,2H3;2*2-8H,1H3. The number of para-hydroxylation sites is 4. The van der Waals surface area contributed by atoms with Crippen LogP contribution in [0.3, 0.4) is 0 Å². The van der Waals surface area contributed by atoms with Crippen molar-refractivity contribution in [3.05, 3.63) is 330 Å². The molecule has 0 unspecified atom stereocenters. The van der Waals surface area contributed by atoms with Gasteiger partial charge in [-0.15, -0.1) is 0 Å². The van der Waals surface area contributed by atoms with Gasteiger partial charge in [-0.3, -0.25) is 0 Å². The molecule has 464 valence electrons. The first-order valence-corrected chi connectivity index (χ1v) is 32.1. The van der Waals surface area contributed by atoms with Crippen LogP contribution in [0.5, 0.6) is 0 Å². The van der Waals surface area contributed by atoms with Gasteiger partial charge in [-0.05, 0) is 153 Å². The maximum absolute atomic E-state index is 9.12. The molecule has 5 aromatic heterocycles. The monoisotopic (exact) mass is 1260 g/mol. The lowest BCUT2D eigenvalue weighted by molar-refractivity contribution is 1.01. The lowest BCUT2D eigenvalue weighted by Gasteiger charge is -2.07.